The fourth-order valence-electron chi connectivity index (χ4n) is 2.04. The van der Waals surface area contributed by atoms with Crippen LogP contribution in [0.15, 0.2) is 22.8 Å². The van der Waals surface area contributed by atoms with Gasteiger partial charge >= 0.3 is 0 Å². The normalized spacial score (nSPS) is 20.0. The van der Waals surface area contributed by atoms with E-state index in [9.17, 15) is 4.79 Å². The van der Waals surface area contributed by atoms with Crippen molar-refractivity contribution in [2.45, 2.75) is 6.42 Å². The Hall–Kier alpha value is -1.14. The molecule has 3 rings (SSSR count). The van der Waals surface area contributed by atoms with Gasteiger partial charge in [-0.1, -0.05) is 15.9 Å². The molecule has 0 bridgehead atoms. The van der Waals surface area contributed by atoms with Crippen molar-refractivity contribution in [2.24, 2.45) is 5.92 Å². The molecule has 0 N–H and O–H groups in total. The minimum atomic E-state index is 0.0376. The van der Waals surface area contributed by atoms with Crippen LogP contribution in [-0.2, 0) is 4.79 Å². The summed E-state index contributed by atoms with van der Waals surface area (Å²) in [5.41, 5.74) is 0.710. The Bertz CT molecular complexity index is 614. The third kappa shape index (κ3) is 1.99. The molecule has 94 valence electrons. The van der Waals surface area contributed by atoms with Crippen molar-refractivity contribution in [3.8, 4) is 0 Å². The lowest BCUT2D eigenvalue weighted by molar-refractivity contribution is -0.117. The Kier molecular flexibility index (Phi) is 2.99. The standard InChI is InChI=1S/C11H10BrClN4O/c12-8-1-2-17-9(4-8)14-11(15-17)16-6-7(5-13)3-10(16)18/h1-2,4,7H,3,5-6H2. The number of pyridine rings is 1. The average Bonchev–Trinajstić information content (AvgIpc) is 2.91. The molecule has 1 atom stereocenters. The second kappa shape index (κ2) is 4.51. The maximum atomic E-state index is 11.9. The minimum Gasteiger partial charge on any atom is -0.279 e. The minimum absolute atomic E-state index is 0.0376. The zero-order chi connectivity index (χ0) is 12.7. The van der Waals surface area contributed by atoms with Gasteiger partial charge in [0.05, 0.1) is 0 Å². The lowest BCUT2D eigenvalue weighted by atomic mass is 10.2. The van der Waals surface area contributed by atoms with Gasteiger partial charge in [-0.2, -0.15) is 4.98 Å². The van der Waals surface area contributed by atoms with Crippen LogP contribution in [-0.4, -0.2) is 32.9 Å². The lowest BCUT2D eigenvalue weighted by Gasteiger charge is -2.10. The molecule has 1 unspecified atom stereocenters. The van der Waals surface area contributed by atoms with E-state index in [1.54, 1.807) is 15.6 Å². The van der Waals surface area contributed by atoms with Crippen molar-refractivity contribution < 1.29 is 4.79 Å². The number of nitrogens with zero attached hydrogens (tertiary/aromatic N) is 4. The number of carbonyl (C=O) groups is 1. The first-order valence-corrected chi connectivity index (χ1v) is 6.88. The zero-order valence-electron chi connectivity index (χ0n) is 9.38. The smallest absolute Gasteiger partial charge is 0.252 e. The van der Waals surface area contributed by atoms with E-state index in [1.807, 2.05) is 12.1 Å². The van der Waals surface area contributed by atoms with Gasteiger partial charge in [-0.05, 0) is 18.1 Å². The highest BCUT2D eigenvalue weighted by Gasteiger charge is 2.32. The number of alkyl halides is 1. The van der Waals surface area contributed by atoms with E-state index >= 15 is 0 Å². The quantitative estimate of drug-likeness (QED) is 0.793. The summed E-state index contributed by atoms with van der Waals surface area (Å²) in [4.78, 5) is 17.8. The van der Waals surface area contributed by atoms with Crippen molar-refractivity contribution >= 4 is 45.0 Å². The van der Waals surface area contributed by atoms with E-state index < -0.39 is 0 Å². The molecule has 5 nitrogen and oxygen atoms in total. The van der Waals surface area contributed by atoms with Crippen molar-refractivity contribution in [1.29, 1.82) is 0 Å². The van der Waals surface area contributed by atoms with Gasteiger partial charge in [0.1, 0.15) is 0 Å². The number of hydrogen-bond donors (Lipinski definition) is 0. The highest BCUT2D eigenvalue weighted by Crippen LogP contribution is 2.24. The zero-order valence-corrected chi connectivity index (χ0v) is 11.7. The molecule has 3 heterocycles. The number of anilines is 1. The second-order valence-electron chi connectivity index (χ2n) is 4.29. The molecule has 0 aromatic carbocycles. The van der Waals surface area contributed by atoms with Crippen LogP contribution in [0, 0.1) is 5.92 Å². The van der Waals surface area contributed by atoms with Crippen molar-refractivity contribution in [3.63, 3.8) is 0 Å². The Morgan fingerprint density at radius 2 is 2.39 bits per heavy atom. The third-order valence-electron chi connectivity index (χ3n) is 2.95. The van der Waals surface area contributed by atoms with Gasteiger partial charge in [-0.25, -0.2) is 4.52 Å². The molecule has 1 amide bonds. The van der Waals surface area contributed by atoms with Gasteiger partial charge in [0.25, 0.3) is 5.95 Å². The summed E-state index contributed by atoms with van der Waals surface area (Å²) in [7, 11) is 0. The van der Waals surface area contributed by atoms with E-state index in [4.69, 9.17) is 11.6 Å². The van der Waals surface area contributed by atoms with Gasteiger partial charge in [-0.15, -0.1) is 16.7 Å². The lowest BCUT2D eigenvalue weighted by Crippen LogP contribution is -2.25. The summed E-state index contributed by atoms with van der Waals surface area (Å²) >= 11 is 9.17. The molecule has 1 fully saturated rings. The molecule has 0 spiro atoms. The summed E-state index contributed by atoms with van der Waals surface area (Å²) in [5.74, 6) is 1.17. The van der Waals surface area contributed by atoms with E-state index in [1.165, 1.54) is 0 Å². The summed E-state index contributed by atoms with van der Waals surface area (Å²) in [6, 6.07) is 3.73. The Morgan fingerprint density at radius 1 is 1.56 bits per heavy atom. The number of rotatable bonds is 2. The second-order valence-corrected chi connectivity index (χ2v) is 5.51. The van der Waals surface area contributed by atoms with Crippen LogP contribution in [0.25, 0.3) is 5.65 Å². The molecular weight excluding hydrogens is 320 g/mol. The molecule has 18 heavy (non-hydrogen) atoms. The predicted molar refractivity (Wildman–Crippen MR) is 71.9 cm³/mol. The van der Waals surface area contributed by atoms with E-state index in [-0.39, 0.29) is 11.8 Å². The molecule has 2 aromatic rings. The van der Waals surface area contributed by atoms with Crippen molar-refractivity contribution in [2.75, 3.05) is 17.3 Å². The van der Waals surface area contributed by atoms with Gasteiger partial charge in [0, 0.05) is 29.5 Å². The molecule has 1 saturated heterocycles. The molecule has 1 aliphatic heterocycles. The molecule has 0 radical (unpaired) electrons. The maximum absolute atomic E-state index is 11.9. The number of carbonyl (C=O) groups excluding carboxylic acids is 1. The first kappa shape index (κ1) is 11.9. The maximum Gasteiger partial charge on any atom is 0.252 e. The van der Waals surface area contributed by atoms with Crippen LogP contribution in [0.1, 0.15) is 6.42 Å². The largest absolute Gasteiger partial charge is 0.279 e. The van der Waals surface area contributed by atoms with E-state index in [0.29, 0.717) is 30.4 Å². The SMILES string of the molecule is O=C1CC(CCl)CN1c1nc2cc(Br)ccn2n1. The van der Waals surface area contributed by atoms with Crippen LogP contribution in [0.2, 0.25) is 0 Å². The van der Waals surface area contributed by atoms with Crippen LogP contribution < -0.4 is 4.90 Å². The third-order valence-corrected chi connectivity index (χ3v) is 3.88. The van der Waals surface area contributed by atoms with Crippen LogP contribution in [0.3, 0.4) is 0 Å². The Labute approximate surface area is 117 Å². The molecular formula is C11H10BrClN4O. The van der Waals surface area contributed by atoms with Crippen LogP contribution in [0.5, 0.6) is 0 Å². The topological polar surface area (TPSA) is 50.5 Å². The van der Waals surface area contributed by atoms with Gasteiger partial charge in [0.2, 0.25) is 5.91 Å². The fraction of sp³-hybridized carbons (Fsp3) is 0.364. The number of hydrogen-bond acceptors (Lipinski definition) is 3. The first-order chi connectivity index (χ1) is 8.67. The van der Waals surface area contributed by atoms with Crippen molar-refractivity contribution in [1.82, 2.24) is 14.6 Å². The van der Waals surface area contributed by atoms with Gasteiger partial charge in [-0.3, -0.25) is 9.69 Å². The van der Waals surface area contributed by atoms with Gasteiger partial charge in [0.15, 0.2) is 5.65 Å². The molecule has 7 heteroatoms. The highest BCUT2D eigenvalue weighted by atomic mass is 79.9. The predicted octanol–water partition coefficient (Wildman–Crippen LogP) is 2.08. The first-order valence-electron chi connectivity index (χ1n) is 5.55. The van der Waals surface area contributed by atoms with Crippen LogP contribution in [0.4, 0.5) is 5.95 Å². The van der Waals surface area contributed by atoms with Crippen LogP contribution >= 0.6 is 27.5 Å². The average molecular weight is 330 g/mol. The number of aromatic nitrogens is 3. The van der Waals surface area contributed by atoms with Gasteiger partial charge < -0.3 is 0 Å². The van der Waals surface area contributed by atoms with E-state index in [2.05, 4.69) is 26.0 Å². The molecule has 1 aliphatic rings. The molecule has 0 saturated carbocycles. The van der Waals surface area contributed by atoms with Crippen molar-refractivity contribution in [3.05, 3.63) is 22.8 Å². The fourth-order valence-corrected chi connectivity index (χ4v) is 2.57. The Balaban J connectivity index is 1.97. The monoisotopic (exact) mass is 328 g/mol. The van der Waals surface area contributed by atoms with E-state index in [0.717, 1.165) is 4.47 Å². The Morgan fingerprint density at radius 3 is 3.11 bits per heavy atom. The number of amides is 1. The summed E-state index contributed by atoms with van der Waals surface area (Å²) in [6.07, 6.45) is 2.28. The molecule has 0 aliphatic carbocycles. The number of halogens is 2. The summed E-state index contributed by atoms with van der Waals surface area (Å²) in [6.45, 7) is 0.598. The summed E-state index contributed by atoms with van der Waals surface area (Å²) < 4.78 is 2.59. The summed E-state index contributed by atoms with van der Waals surface area (Å²) in [5, 5.41) is 4.30. The molecule has 2 aromatic heterocycles. The number of fused-ring (bicyclic) bond motifs is 1. The highest BCUT2D eigenvalue weighted by molar-refractivity contribution is 9.10.